The first kappa shape index (κ1) is 21.7. The number of pyridine rings is 3. The largest absolute Gasteiger partial charge is 0.475 e. The van der Waals surface area contributed by atoms with Crippen LogP contribution in [0.15, 0.2) is 42.7 Å². The zero-order chi connectivity index (χ0) is 22.7. The normalized spacial score (nSPS) is 17.1. The second kappa shape index (κ2) is 9.32. The quantitative estimate of drug-likeness (QED) is 0.572. The Morgan fingerprint density at radius 1 is 1.28 bits per heavy atom. The van der Waals surface area contributed by atoms with Crippen molar-refractivity contribution in [3.05, 3.63) is 48.4 Å². The van der Waals surface area contributed by atoms with Gasteiger partial charge in [-0.1, -0.05) is 0 Å². The van der Waals surface area contributed by atoms with Gasteiger partial charge in [0.25, 0.3) is 0 Å². The Balaban J connectivity index is 2.01. The molecule has 166 valence electrons. The summed E-state index contributed by atoms with van der Waals surface area (Å²) in [7, 11) is 0. The Morgan fingerprint density at radius 3 is 2.88 bits per heavy atom. The van der Waals surface area contributed by atoms with Gasteiger partial charge in [0, 0.05) is 41.7 Å². The average molecular weight is 433 g/mol. The first-order chi connectivity index (χ1) is 15.5. The lowest BCUT2D eigenvalue weighted by Gasteiger charge is -2.34. The van der Waals surface area contributed by atoms with E-state index < -0.39 is 0 Å². The highest BCUT2D eigenvalue weighted by Gasteiger charge is 2.24. The number of hydrogen-bond donors (Lipinski definition) is 2. The van der Waals surface area contributed by atoms with Crippen molar-refractivity contribution < 1.29 is 9.47 Å². The topological polar surface area (TPSA) is 110 Å². The summed E-state index contributed by atoms with van der Waals surface area (Å²) >= 11 is 0. The molecule has 0 saturated carbocycles. The van der Waals surface area contributed by atoms with Gasteiger partial charge in [-0.2, -0.15) is 0 Å². The number of fused-ring (bicyclic) bond motifs is 1. The molecule has 8 heteroatoms. The highest BCUT2D eigenvalue weighted by Crippen LogP contribution is 2.37. The van der Waals surface area contributed by atoms with Gasteiger partial charge < -0.3 is 25.5 Å². The zero-order valence-electron chi connectivity index (χ0n) is 18.6. The highest BCUT2D eigenvalue weighted by atomic mass is 16.5. The van der Waals surface area contributed by atoms with E-state index in [4.69, 9.17) is 25.6 Å². The molecule has 4 rings (SSSR count). The fourth-order valence-electron chi connectivity index (χ4n) is 3.87. The number of hydrogen-bond acceptors (Lipinski definition) is 8. The summed E-state index contributed by atoms with van der Waals surface area (Å²) < 4.78 is 11.7. The third-order valence-corrected chi connectivity index (χ3v) is 5.32. The van der Waals surface area contributed by atoms with Gasteiger partial charge in [-0.05, 0) is 51.1 Å². The molecule has 1 fully saturated rings. The monoisotopic (exact) mass is 432 g/mol. The predicted octanol–water partition coefficient (Wildman–Crippen LogP) is 3.65. The molecule has 0 bridgehead atoms. The average Bonchev–Trinajstić information content (AvgIpc) is 2.78. The molecular weight excluding hydrogens is 404 g/mol. The number of ether oxygens (including phenoxy) is 2. The van der Waals surface area contributed by atoms with Crippen LogP contribution in [0, 0.1) is 5.41 Å². The van der Waals surface area contributed by atoms with E-state index >= 15 is 0 Å². The molecule has 32 heavy (non-hydrogen) atoms. The van der Waals surface area contributed by atoms with E-state index in [1.807, 2.05) is 32.0 Å². The van der Waals surface area contributed by atoms with Crippen LogP contribution in [0.5, 0.6) is 5.88 Å². The van der Waals surface area contributed by atoms with Crippen molar-refractivity contribution in [3.8, 4) is 17.0 Å². The summed E-state index contributed by atoms with van der Waals surface area (Å²) in [5.74, 6) is 1.39. The molecule has 4 heterocycles. The van der Waals surface area contributed by atoms with Crippen LogP contribution >= 0.6 is 0 Å². The Hall–Kier alpha value is -3.52. The van der Waals surface area contributed by atoms with Crippen LogP contribution in [0.2, 0.25) is 0 Å². The first-order valence-corrected chi connectivity index (χ1v) is 10.7. The molecule has 0 aromatic carbocycles. The van der Waals surface area contributed by atoms with Gasteiger partial charge in [-0.15, -0.1) is 0 Å². The standard InChI is InChI=1S/C24H28N6O2/c1-15(2)32-24-18(5-4-9-28-24)19-13-21(30-11-12-31-14-16(30)3)29-22-17(19)7-10-27-23(22)20(26)6-8-25/h4-10,13,15-16,25H,11-12,14,26H2,1-3H3/b20-6-,25-8?. The van der Waals surface area contributed by atoms with Crippen LogP contribution < -0.4 is 15.4 Å². The highest BCUT2D eigenvalue weighted by molar-refractivity contribution is 6.01. The second-order valence-electron chi connectivity index (χ2n) is 8.01. The Morgan fingerprint density at radius 2 is 2.12 bits per heavy atom. The van der Waals surface area contributed by atoms with Crippen molar-refractivity contribution in [2.75, 3.05) is 24.7 Å². The fraction of sp³-hybridized carbons (Fsp3) is 0.333. The van der Waals surface area contributed by atoms with Gasteiger partial charge in [-0.3, -0.25) is 4.98 Å². The van der Waals surface area contributed by atoms with Gasteiger partial charge in [-0.25, -0.2) is 9.97 Å². The van der Waals surface area contributed by atoms with Crippen LogP contribution in [0.1, 0.15) is 26.5 Å². The lowest BCUT2D eigenvalue weighted by Crippen LogP contribution is -2.44. The number of nitrogens with one attached hydrogen (secondary N) is 1. The van der Waals surface area contributed by atoms with E-state index in [0.29, 0.717) is 36.0 Å². The Bertz CT molecular complexity index is 1160. The molecule has 0 radical (unpaired) electrons. The molecule has 3 aromatic heterocycles. The van der Waals surface area contributed by atoms with Crippen molar-refractivity contribution in [3.63, 3.8) is 0 Å². The minimum atomic E-state index is -0.0149. The number of aromatic nitrogens is 3. The number of morpholine rings is 1. The summed E-state index contributed by atoms with van der Waals surface area (Å²) in [6.07, 6.45) is 6.10. The first-order valence-electron chi connectivity index (χ1n) is 10.7. The third-order valence-electron chi connectivity index (χ3n) is 5.32. The molecule has 0 aliphatic carbocycles. The molecule has 1 saturated heterocycles. The van der Waals surface area contributed by atoms with E-state index in [2.05, 4.69) is 27.9 Å². The van der Waals surface area contributed by atoms with Gasteiger partial charge >= 0.3 is 0 Å². The maximum Gasteiger partial charge on any atom is 0.221 e. The van der Waals surface area contributed by atoms with E-state index in [9.17, 15) is 0 Å². The van der Waals surface area contributed by atoms with Crippen LogP contribution in [-0.2, 0) is 4.74 Å². The number of anilines is 1. The van der Waals surface area contributed by atoms with Gasteiger partial charge in [0.2, 0.25) is 5.88 Å². The Kier molecular flexibility index (Phi) is 6.32. The SMILES string of the molecule is CC(C)Oc1ncccc1-c1cc(N2CCOCC2C)nc2c(/C(N)=C/C=N)nccc12. The molecule has 1 aliphatic rings. The van der Waals surface area contributed by atoms with Crippen LogP contribution in [0.4, 0.5) is 5.82 Å². The molecular formula is C24H28N6O2. The lowest BCUT2D eigenvalue weighted by molar-refractivity contribution is 0.0986. The molecule has 3 N–H and O–H groups in total. The van der Waals surface area contributed by atoms with Crippen molar-refractivity contribution in [1.82, 2.24) is 15.0 Å². The number of nitrogens with zero attached hydrogens (tertiary/aromatic N) is 4. The molecule has 3 aromatic rings. The van der Waals surface area contributed by atoms with Crippen molar-refractivity contribution >= 4 is 28.6 Å². The maximum absolute atomic E-state index is 7.41. The fourth-order valence-corrected chi connectivity index (χ4v) is 3.87. The summed E-state index contributed by atoms with van der Waals surface area (Å²) in [5, 5.41) is 8.30. The van der Waals surface area contributed by atoms with Crippen LogP contribution in [0.25, 0.3) is 27.7 Å². The molecule has 1 unspecified atom stereocenters. The molecule has 8 nitrogen and oxygen atoms in total. The summed E-state index contributed by atoms with van der Waals surface area (Å²) in [4.78, 5) is 16.2. The van der Waals surface area contributed by atoms with Crippen LogP contribution in [-0.4, -0.2) is 53.1 Å². The van der Waals surface area contributed by atoms with Gasteiger partial charge in [0.05, 0.1) is 31.1 Å². The summed E-state index contributed by atoms with van der Waals surface area (Å²) in [6.45, 7) is 8.10. The second-order valence-corrected chi connectivity index (χ2v) is 8.01. The van der Waals surface area contributed by atoms with Gasteiger partial charge in [0.1, 0.15) is 17.0 Å². The van der Waals surface area contributed by atoms with E-state index in [0.717, 1.165) is 35.1 Å². The molecule has 1 aliphatic heterocycles. The predicted molar refractivity (Wildman–Crippen MR) is 127 cm³/mol. The zero-order valence-corrected chi connectivity index (χ0v) is 18.6. The van der Waals surface area contributed by atoms with Crippen molar-refractivity contribution in [1.29, 1.82) is 5.41 Å². The number of rotatable bonds is 6. The summed E-state index contributed by atoms with van der Waals surface area (Å²) in [5.41, 5.74) is 9.68. The summed E-state index contributed by atoms with van der Waals surface area (Å²) in [6, 6.07) is 8.09. The minimum Gasteiger partial charge on any atom is -0.475 e. The van der Waals surface area contributed by atoms with E-state index in [-0.39, 0.29) is 12.1 Å². The molecule has 0 spiro atoms. The minimum absolute atomic E-state index is 0.0149. The third kappa shape index (κ3) is 4.27. The molecule has 0 amide bonds. The van der Waals surface area contributed by atoms with Crippen LogP contribution in [0.3, 0.4) is 0 Å². The lowest BCUT2D eigenvalue weighted by atomic mass is 10.0. The Labute approximate surface area is 187 Å². The smallest absolute Gasteiger partial charge is 0.221 e. The van der Waals surface area contributed by atoms with E-state index in [1.54, 1.807) is 12.4 Å². The van der Waals surface area contributed by atoms with Crippen molar-refractivity contribution in [2.45, 2.75) is 32.9 Å². The molecule has 1 atom stereocenters. The maximum atomic E-state index is 7.41. The van der Waals surface area contributed by atoms with Crippen molar-refractivity contribution in [2.24, 2.45) is 5.73 Å². The number of allylic oxidation sites excluding steroid dienone is 1. The number of nitrogens with two attached hydrogens (primary N) is 1. The van der Waals surface area contributed by atoms with E-state index in [1.165, 1.54) is 6.08 Å². The van der Waals surface area contributed by atoms with Gasteiger partial charge in [0.15, 0.2) is 0 Å².